The van der Waals surface area contributed by atoms with Crippen molar-refractivity contribution in [2.45, 2.75) is 44.4 Å². The van der Waals surface area contributed by atoms with Gasteiger partial charge < -0.3 is 25.0 Å². The van der Waals surface area contributed by atoms with E-state index in [1.807, 2.05) is 0 Å². The van der Waals surface area contributed by atoms with Crippen LogP contribution in [0.1, 0.15) is 25.3 Å². The Morgan fingerprint density at radius 2 is 1.80 bits per heavy atom. The molecule has 0 saturated carbocycles. The van der Waals surface area contributed by atoms with Gasteiger partial charge in [0.2, 0.25) is 11.6 Å². The Morgan fingerprint density at radius 1 is 1.17 bits per heavy atom. The number of benzene rings is 1. The van der Waals surface area contributed by atoms with Gasteiger partial charge in [-0.2, -0.15) is 8.78 Å². The van der Waals surface area contributed by atoms with E-state index in [0.29, 0.717) is 24.5 Å². The molecule has 1 fully saturated rings. The van der Waals surface area contributed by atoms with Gasteiger partial charge >= 0.3 is 6.09 Å². The van der Waals surface area contributed by atoms with Gasteiger partial charge in [0.25, 0.3) is 0 Å². The van der Waals surface area contributed by atoms with Crippen LogP contribution in [0.2, 0.25) is 0 Å². The van der Waals surface area contributed by atoms with E-state index < -0.39 is 52.8 Å². The Labute approximate surface area is 179 Å². The largest absolute Gasteiger partial charge is 0.503 e. The molecule has 0 aromatic heterocycles. The maximum atomic E-state index is 13.6. The normalized spacial score (nSPS) is 21.5. The highest BCUT2D eigenvalue weighted by Gasteiger charge is 2.31. The highest BCUT2D eigenvalue weighted by Crippen LogP contribution is 2.30. The number of ether oxygens (including phenoxy) is 2. The molecule has 12 heteroatoms. The number of phenolic OH excluding ortho intramolecular Hbond substituents is 1. The number of hydrogen-bond acceptors (Lipinski definition) is 7. The molecule has 1 aliphatic rings. The second kappa shape index (κ2) is 11.9. The Bertz CT molecular complexity index is 714. The number of nitrogens with one attached hydrogen (secondary N) is 1. The van der Waals surface area contributed by atoms with Crippen LogP contribution < -0.4 is 5.32 Å². The molecule has 3 N–H and O–H groups in total. The number of aromatic hydroxyl groups is 1. The van der Waals surface area contributed by atoms with E-state index in [1.165, 1.54) is 21.6 Å². The molecule has 1 amide bonds. The summed E-state index contributed by atoms with van der Waals surface area (Å²) >= 11 is 0. The molecular weight excluding hydrogens is 450 g/mol. The second-order valence-corrected chi connectivity index (χ2v) is 9.27. The van der Waals surface area contributed by atoms with Crippen LogP contribution in [0.15, 0.2) is 0 Å². The van der Waals surface area contributed by atoms with Crippen molar-refractivity contribution in [2.75, 3.05) is 24.7 Å². The third kappa shape index (κ3) is 6.56. The Morgan fingerprint density at radius 3 is 2.47 bits per heavy atom. The number of rotatable bonds is 9. The van der Waals surface area contributed by atoms with Crippen LogP contribution in [0, 0.1) is 23.3 Å². The number of aliphatic hydroxyl groups is 1. The van der Waals surface area contributed by atoms with Crippen LogP contribution in [-0.4, -0.2) is 59.3 Å². The van der Waals surface area contributed by atoms with Gasteiger partial charge in [-0.25, -0.2) is 13.6 Å². The lowest BCUT2D eigenvalue weighted by atomic mass is 10.0. The van der Waals surface area contributed by atoms with E-state index in [4.69, 9.17) is 14.6 Å². The first-order valence-corrected chi connectivity index (χ1v) is 11.7. The molecular formula is C18H23F4NO5S2. The van der Waals surface area contributed by atoms with Crippen LogP contribution >= 0.6 is 21.6 Å². The maximum Gasteiger partial charge on any atom is 0.407 e. The van der Waals surface area contributed by atoms with E-state index in [2.05, 4.69) is 5.32 Å². The van der Waals surface area contributed by atoms with E-state index in [0.717, 1.165) is 0 Å². The minimum atomic E-state index is -1.80. The number of aliphatic hydroxyl groups excluding tert-OH is 1. The predicted octanol–water partition coefficient (Wildman–Crippen LogP) is 3.53. The molecule has 1 aromatic carbocycles. The summed E-state index contributed by atoms with van der Waals surface area (Å²) in [5.74, 6) is -7.56. The molecule has 0 bridgehead atoms. The van der Waals surface area contributed by atoms with Gasteiger partial charge in [-0.05, 0) is 26.2 Å². The Hall–Kier alpha value is -1.37. The number of amides is 1. The van der Waals surface area contributed by atoms with Crippen LogP contribution in [0.5, 0.6) is 5.75 Å². The summed E-state index contributed by atoms with van der Waals surface area (Å²) in [6.07, 6.45) is -1.31. The van der Waals surface area contributed by atoms with Crippen molar-refractivity contribution in [2.24, 2.45) is 0 Å². The first-order chi connectivity index (χ1) is 14.2. The zero-order valence-electron chi connectivity index (χ0n) is 16.1. The zero-order chi connectivity index (χ0) is 22.3. The molecule has 0 radical (unpaired) electrons. The fourth-order valence-electron chi connectivity index (χ4n) is 2.81. The van der Waals surface area contributed by atoms with Crippen LogP contribution in [0.3, 0.4) is 0 Å². The molecule has 1 aliphatic heterocycles. The lowest BCUT2D eigenvalue weighted by Gasteiger charge is -2.33. The molecule has 3 atom stereocenters. The van der Waals surface area contributed by atoms with E-state index in [-0.39, 0.29) is 25.6 Å². The van der Waals surface area contributed by atoms with Crippen molar-refractivity contribution in [3.8, 4) is 5.75 Å². The number of carbonyl (C=O) groups is 1. The molecule has 1 heterocycles. The first-order valence-electron chi connectivity index (χ1n) is 9.25. The smallest absolute Gasteiger partial charge is 0.407 e. The second-order valence-electron chi connectivity index (χ2n) is 6.57. The van der Waals surface area contributed by atoms with Gasteiger partial charge in [-0.1, -0.05) is 21.6 Å². The van der Waals surface area contributed by atoms with Gasteiger partial charge in [0.05, 0.1) is 12.1 Å². The highest BCUT2D eigenvalue weighted by atomic mass is 33.1. The van der Waals surface area contributed by atoms with Gasteiger partial charge in [0, 0.05) is 23.7 Å². The monoisotopic (exact) mass is 473 g/mol. The first kappa shape index (κ1) is 24.9. The quantitative estimate of drug-likeness (QED) is 0.219. The SMILES string of the molecule is C[C@@H]1OCC[C@H](NC(=O)OCCSSCCCc2c(F)c(F)c(O)c(F)c2F)[C@@H]1O. The van der Waals surface area contributed by atoms with E-state index >= 15 is 0 Å². The van der Waals surface area contributed by atoms with Crippen molar-refractivity contribution in [1.29, 1.82) is 0 Å². The predicted molar refractivity (Wildman–Crippen MR) is 105 cm³/mol. The molecule has 1 aromatic rings. The van der Waals surface area contributed by atoms with Gasteiger partial charge in [0.1, 0.15) is 12.7 Å². The Balaban J connectivity index is 1.59. The van der Waals surface area contributed by atoms with Crippen molar-refractivity contribution in [1.82, 2.24) is 5.32 Å². The maximum absolute atomic E-state index is 13.6. The summed E-state index contributed by atoms with van der Waals surface area (Å²) in [7, 11) is 2.71. The fourth-order valence-corrected chi connectivity index (χ4v) is 4.72. The Kier molecular flexibility index (Phi) is 9.85. The van der Waals surface area contributed by atoms with Crippen LogP contribution in [-0.2, 0) is 15.9 Å². The van der Waals surface area contributed by atoms with Crippen molar-refractivity contribution in [3.05, 3.63) is 28.8 Å². The summed E-state index contributed by atoms with van der Waals surface area (Å²) in [5.41, 5.74) is -0.738. The number of hydrogen-bond donors (Lipinski definition) is 3. The summed E-state index contributed by atoms with van der Waals surface area (Å²) in [6.45, 7) is 2.28. The average molecular weight is 474 g/mol. The lowest BCUT2D eigenvalue weighted by molar-refractivity contribution is -0.0802. The lowest BCUT2D eigenvalue weighted by Crippen LogP contribution is -2.52. The molecule has 170 valence electrons. The molecule has 2 rings (SSSR count). The van der Waals surface area contributed by atoms with Crippen LogP contribution in [0.25, 0.3) is 0 Å². The molecule has 30 heavy (non-hydrogen) atoms. The van der Waals surface area contributed by atoms with Crippen molar-refractivity contribution >= 4 is 27.7 Å². The standard InChI is InChI=1S/C18H23F4NO5S2/c1-9-16(24)11(4-5-27-9)23-18(26)28-6-8-30-29-7-2-3-10-12(19)14(21)17(25)15(22)13(10)20/h9,11,16,24-25H,2-8H2,1H3,(H,23,26)/t9-,11-,16+/m0/s1. The molecule has 0 unspecified atom stereocenters. The molecule has 0 aliphatic carbocycles. The fraction of sp³-hybridized carbons (Fsp3) is 0.611. The number of phenols is 1. The summed E-state index contributed by atoms with van der Waals surface area (Å²) in [6, 6.07) is -0.432. The minimum Gasteiger partial charge on any atom is -0.503 e. The van der Waals surface area contributed by atoms with Crippen molar-refractivity contribution in [3.63, 3.8) is 0 Å². The molecule has 1 saturated heterocycles. The van der Waals surface area contributed by atoms with Crippen LogP contribution in [0.4, 0.5) is 22.4 Å². The summed E-state index contributed by atoms with van der Waals surface area (Å²) in [4.78, 5) is 11.7. The van der Waals surface area contributed by atoms with E-state index in [1.54, 1.807) is 6.92 Å². The zero-order valence-corrected chi connectivity index (χ0v) is 17.8. The number of alkyl carbamates (subject to hydrolysis) is 1. The highest BCUT2D eigenvalue weighted by molar-refractivity contribution is 8.76. The van der Waals surface area contributed by atoms with Gasteiger partial charge in [-0.15, -0.1) is 0 Å². The van der Waals surface area contributed by atoms with E-state index in [9.17, 15) is 27.5 Å². The summed E-state index contributed by atoms with van der Waals surface area (Å²) in [5, 5.41) is 21.5. The molecule has 6 nitrogen and oxygen atoms in total. The van der Waals surface area contributed by atoms with Gasteiger partial charge in [-0.3, -0.25) is 0 Å². The third-order valence-corrected chi connectivity index (χ3v) is 6.93. The topological polar surface area (TPSA) is 88.0 Å². The minimum absolute atomic E-state index is 0.121. The number of carbonyl (C=O) groups excluding carboxylic acids is 1. The van der Waals surface area contributed by atoms with Crippen molar-refractivity contribution < 1.29 is 42.0 Å². The molecule has 0 spiro atoms. The summed E-state index contributed by atoms with van der Waals surface area (Å²) < 4.78 is 64.2. The average Bonchev–Trinajstić information content (AvgIpc) is 2.72. The van der Waals surface area contributed by atoms with Gasteiger partial charge in [0.15, 0.2) is 17.4 Å². The number of halogens is 4. The third-order valence-electron chi connectivity index (χ3n) is 4.47.